The zero-order chi connectivity index (χ0) is 26.8. The smallest absolute Gasteiger partial charge is 0.247 e. The summed E-state index contributed by atoms with van der Waals surface area (Å²) in [5.41, 5.74) is 1.06. The molecular formula is C28H32FIN2O5. The van der Waals surface area contributed by atoms with E-state index in [1.165, 1.54) is 23.1 Å². The zero-order valence-electron chi connectivity index (χ0n) is 20.6. The van der Waals surface area contributed by atoms with Crippen molar-refractivity contribution >= 4 is 34.4 Å². The summed E-state index contributed by atoms with van der Waals surface area (Å²) in [6.07, 6.45) is 3.86. The number of para-hydroxylation sites is 1. The standard InChI is InChI=1S/C28H32FIN2O5/c1-2-3-11-26(34)32(14-12-19-7-6-8-21(29)16-19)23-17-20(28(36)31-13-15-33)18-25(27(23)35)37-24-10-5-4-9-22(24)30/h3-11,16,18,23,25,27,33,35H,2,12-15,17H2,1H3,(H,31,36)/t23-,25+,27+/m1/s1. The molecule has 3 atom stereocenters. The third-order valence-corrected chi connectivity index (χ3v) is 6.92. The first-order valence-electron chi connectivity index (χ1n) is 12.2. The summed E-state index contributed by atoms with van der Waals surface area (Å²) in [7, 11) is 0. The Labute approximate surface area is 230 Å². The Balaban J connectivity index is 1.94. The molecule has 1 aliphatic carbocycles. The van der Waals surface area contributed by atoms with Crippen LogP contribution >= 0.6 is 22.6 Å². The van der Waals surface area contributed by atoms with E-state index in [1.54, 1.807) is 30.4 Å². The number of benzene rings is 2. The Morgan fingerprint density at radius 1 is 1.24 bits per heavy atom. The molecule has 0 aliphatic heterocycles. The van der Waals surface area contributed by atoms with Crippen molar-refractivity contribution in [1.82, 2.24) is 10.2 Å². The van der Waals surface area contributed by atoms with Gasteiger partial charge in [0.25, 0.3) is 0 Å². The lowest BCUT2D eigenvalue weighted by Gasteiger charge is -2.40. The van der Waals surface area contributed by atoms with Crippen LogP contribution in [0, 0.1) is 9.39 Å². The third-order valence-electron chi connectivity index (χ3n) is 6.02. The largest absolute Gasteiger partial charge is 0.482 e. The van der Waals surface area contributed by atoms with E-state index in [0.717, 1.165) is 3.57 Å². The molecule has 0 radical (unpaired) electrons. The van der Waals surface area contributed by atoms with Gasteiger partial charge in [-0.25, -0.2) is 4.39 Å². The lowest BCUT2D eigenvalue weighted by atomic mass is 9.87. The number of allylic oxidation sites excluding steroid dienone is 1. The van der Waals surface area contributed by atoms with Gasteiger partial charge in [0.15, 0.2) is 0 Å². The number of carbonyl (C=O) groups is 2. The van der Waals surface area contributed by atoms with Gasteiger partial charge in [-0.2, -0.15) is 0 Å². The van der Waals surface area contributed by atoms with Crippen LogP contribution in [0.3, 0.4) is 0 Å². The summed E-state index contributed by atoms with van der Waals surface area (Å²) in [6.45, 7) is 1.98. The molecule has 0 saturated heterocycles. The predicted octanol–water partition coefficient (Wildman–Crippen LogP) is 3.38. The van der Waals surface area contributed by atoms with Crippen molar-refractivity contribution < 1.29 is 28.9 Å². The Morgan fingerprint density at radius 3 is 2.73 bits per heavy atom. The maximum absolute atomic E-state index is 13.7. The first kappa shape index (κ1) is 28.8. The average molecular weight is 622 g/mol. The van der Waals surface area contributed by atoms with E-state index < -0.39 is 24.2 Å². The van der Waals surface area contributed by atoms with Crippen molar-refractivity contribution in [3.05, 3.63) is 87.3 Å². The summed E-state index contributed by atoms with van der Waals surface area (Å²) in [5.74, 6) is -0.533. The average Bonchev–Trinajstić information content (AvgIpc) is 2.89. The summed E-state index contributed by atoms with van der Waals surface area (Å²) in [6, 6.07) is 12.7. The minimum absolute atomic E-state index is 0.0763. The summed E-state index contributed by atoms with van der Waals surface area (Å²) < 4.78 is 20.7. The summed E-state index contributed by atoms with van der Waals surface area (Å²) in [4.78, 5) is 27.7. The van der Waals surface area contributed by atoms with Crippen LogP contribution in [0.5, 0.6) is 5.75 Å². The number of rotatable bonds is 11. The zero-order valence-corrected chi connectivity index (χ0v) is 22.8. The van der Waals surface area contributed by atoms with Gasteiger partial charge in [-0.1, -0.05) is 37.3 Å². The molecule has 37 heavy (non-hydrogen) atoms. The Hall–Kier alpha value is -2.76. The molecule has 1 aliphatic rings. The van der Waals surface area contributed by atoms with Crippen molar-refractivity contribution in [2.45, 2.75) is 44.4 Å². The van der Waals surface area contributed by atoms with Gasteiger partial charge in [-0.15, -0.1) is 0 Å². The molecule has 198 valence electrons. The quantitative estimate of drug-likeness (QED) is 0.264. The molecule has 0 bridgehead atoms. The van der Waals surface area contributed by atoms with Crippen LogP contribution in [0.15, 0.2) is 72.3 Å². The molecule has 9 heteroatoms. The predicted molar refractivity (Wildman–Crippen MR) is 147 cm³/mol. The van der Waals surface area contributed by atoms with Gasteiger partial charge in [-0.05, 0) is 77.4 Å². The van der Waals surface area contributed by atoms with Crippen LogP contribution in [-0.4, -0.2) is 64.9 Å². The molecule has 0 unspecified atom stereocenters. The first-order valence-corrected chi connectivity index (χ1v) is 13.3. The van der Waals surface area contributed by atoms with Crippen LogP contribution in [0.4, 0.5) is 4.39 Å². The highest BCUT2D eigenvalue weighted by Gasteiger charge is 2.40. The van der Waals surface area contributed by atoms with Gasteiger partial charge < -0.3 is 25.2 Å². The van der Waals surface area contributed by atoms with Crippen molar-refractivity contribution in [1.29, 1.82) is 0 Å². The van der Waals surface area contributed by atoms with E-state index in [1.807, 2.05) is 25.1 Å². The number of nitrogens with one attached hydrogen (secondary N) is 1. The van der Waals surface area contributed by atoms with Crippen LogP contribution in [0.1, 0.15) is 25.3 Å². The molecule has 0 aromatic heterocycles. The number of ether oxygens (including phenoxy) is 1. The van der Waals surface area contributed by atoms with Gasteiger partial charge in [0.1, 0.15) is 23.8 Å². The first-order chi connectivity index (χ1) is 17.8. The third kappa shape index (κ3) is 8.11. The topological polar surface area (TPSA) is 99.1 Å². The number of hydrogen-bond acceptors (Lipinski definition) is 5. The second kappa shape index (κ2) is 14.3. The van der Waals surface area contributed by atoms with Gasteiger partial charge in [0, 0.05) is 25.1 Å². The second-order valence-corrected chi connectivity index (χ2v) is 9.83. The van der Waals surface area contributed by atoms with Gasteiger partial charge in [0.05, 0.1) is 16.2 Å². The minimum Gasteiger partial charge on any atom is -0.482 e. The van der Waals surface area contributed by atoms with Gasteiger partial charge in [-0.3, -0.25) is 9.59 Å². The number of carbonyl (C=O) groups excluding carboxylic acids is 2. The van der Waals surface area contributed by atoms with Crippen molar-refractivity contribution in [3.8, 4) is 5.75 Å². The fourth-order valence-corrected chi connectivity index (χ4v) is 4.68. The van der Waals surface area contributed by atoms with E-state index in [4.69, 9.17) is 9.84 Å². The highest BCUT2D eigenvalue weighted by molar-refractivity contribution is 14.1. The van der Waals surface area contributed by atoms with Crippen molar-refractivity contribution in [2.24, 2.45) is 0 Å². The molecule has 0 heterocycles. The normalized spacial score (nSPS) is 19.4. The molecule has 7 nitrogen and oxygen atoms in total. The lowest BCUT2D eigenvalue weighted by molar-refractivity contribution is -0.133. The number of aliphatic hydroxyl groups is 2. The van der Waals surface area contributed by atoms with E-state index in [0.29, 0.717) is 29.7 Å². The SMILES string of the molecule is CCC=CC(=O)N(CCc1cccc(F)c1)[C@@H]1CC(C(=O)NCCO)=C[C@H](Oc2ccccc2I)[C@H]1O. The van der Waals surface area contributed by atoms with Crippen LogP contribution in [0.2, 0.25) is 0 Å². The van der Waals surface area contributed by atoms with Crippen LogP contribution < -0.4 is 10.1 Å². The van der Waals surface area contributed by atoms with Crippen molar-refractivity contribution in [3.63, 3.8) is 0 Å². The monoisotopic (exact) mass is 622 g/mol. The number of halogens is 2. The van der Waals surface area contributed by atoms with E-state index in [-0.39, 0.29) is 37.8 Å². The summed E-state index contributed by atoms with van der Waals surface area (Å²) in [5, 5.41) is 23.2. The van der Waals surface area contributed by atoms with E-state index in [2.05, 4.69) is 27.9 Å². The Kier molecular flexibility index (Phi) is 11.1. The highest BCUT2D eigenvalue weighted by atomic mass is 127. The number of amides is 2. The fourth-order valence-electron chi connectivity index (χ4n) is 4.16. The molecule has 0 spiro atoms. The molecule has 2 aromatic rings. The Morgan fingerprint density at radius 2 is 2.03 bits per heavy atom. The van der Waals surface area contributed by atoms with E-state index in [9.17, 15) is 19.1 Å². The van der Waals surface area contributed by atoms with Crippen LogP contribution in [0.25, 0.3) is 0 Å². The summed E-state index contributed by atoms with van der Waals surface area (Å²) >= 11 is 2.13. The van der Waals surface area contributed by atoms with Crippen LogP contribution in [-0.2, 0) is 16.0 Å². The van der Waals surface area contributed by atoms with E-state index >= 15 is 0 Å². The maximum Gasteiger partial charge on any atom is 0.247 e. The molecule has 0 saturated carbocycles. The highest BCUT2D eigenvalue weighted by Crippen LogP contribution is 2.30. The molecule has 3 rings (SSSR count). The fraction of sp³-hybridized carbons (Fsp3) is 0.357. The second-order valence-electron chi connectivity index (χ2n) is 8.67. The molecule has 0 fully saturated rings. The Bertz CT molecular complexity index is 1140. The minimum atomic E-state index is -1.13. The molecule has 3 N–H and O–H groups in total. The molecule has 2 amide bonds. The van der Waals surface area contributed by atoms with Gasteiger partial charge >= 0.3 is 0 Å². The number of nitrogens with zero attached hydrogens (tertiary/aromatic N) is 1. The molecular weight excluding hydrogens is 590 g/mol. The maximum atomic E-state index is 13.7. The lowest BCUT2D eigenvalue weighted by Crippen LogP contribution is -2.55. The number of aliphatic hydroxyl groups excluding tert-OH is 2. The van der Waals surface area contributed by atoms with Crippen molar-refractivity contribution in [2.75, 3.05) is 19.7 Å². The number of hydrogen-bond donors (Lipinski definition) is 3. The molecule has 2 aromatic carbocycles. The van der Waals surface area contributed by atoms with Gasteiger partial charge in [0.2, 0.25) is 11.8 Å².